The average molecular weight is 421 g/mol. The minimum atomic E-state index is -0.228. The molecule has 0 N–H and O–H groups in total. The summed E-state index contributed by atoms with van der Waals surface area (Å²) in [4.78, 5) is 13.1. The summed E-state index contributed by atoms with van der Waals surface area (Å²) >= 11 is 0. The maximum absolute atomic E-state index is 13.1. The molecule has 0 aliphatic heterocycles. The molecular formula is C29H40O2. The van der Waals surface area contributed by atoms with Crippen molar-refractivity contribution in [3.05, 3.63) is 65.2 Å². The minimum Gasteiger partial charge on any atom is -0.423 e. The lowest BCUT2D eigenvalue weighted by Crippen LogP contribution is -2.24. The van der Waals surface area contributed by atoms with Crippen LogP contribution < -0.4 is 4.74 Å². The van der Waals surface area contributed by atoms with Crippen LogP contribution in [0.5, 0.6) is 5.75 Å². The molecule has 3 rings (SSSR count). The number of carbonyl (C=O) groups excluding carboxylic acids is 1. The quantitative estimate of drug-likeness (QED) is 0.219. The predicted octanol–water partition coefficient (Wildman–Crippen LogP) is 8.35. The highest BCUT2D eigenvalue weighted by Crippen LogP contribution is 2.43. The lowest BCUT2D eigenvalue weighted by atomic mass is 9.70. The van der Waals surface area contributed by atoms with Crippen LogP contribution in [0.3, 0.4) is 0 Å². The molecular weight excluding hydrogens is 380 g/mol. The molecule has 0 heterocycles. The summed E-state index contributed by atoms with van der Waals surface area (Å²) < 4.78 is 5.77. The van der Waals surface area contributed by atoms with Gasteiger partial charge in [0.25, 0.3) is 0 Å². The molecule has 0 aromatic heterocycles. The number of esters is 1. The van der Waals surface area contributed by atoms with Crippen LogP contribution in [0.2, 0.25) is 0 Å². The first kappa shape index (κ1) is 23.6. The number of carbonyl (C=O) groups is 1. The van der Waals surface area contributed by atoms with E-state index in [-0.39, 0.29) is 5.97 Å². The molecule has 3 atom stereocenters. The van der Waals surface area contributed by atoms with Crippen molar-refractivity contribution in [2.24, 2.45) is 11.8 Å². The second kappa shape index (κ2) is 12.1. The maximum atomic E-state index is 13.1. The molecule has 3 unspecified atom stereocenters. The summed E-state index contributed by atoms with van der Waals surface area (Å²) in [5.74, 6) is 2.31. The van der Waals surface area contributed by atoms with E-state index >= 15 is 0 Å². The number of rotatable bonds is 10. The van der Waals surface area contributed by atoms with Crippen molar-refractivity contribution in [3.63, 3.8) is 0 Å². The van der Waals surface area contributed by atoms with E-state index in [0.29, 0.717) is 17.6 Å². The van der Waals surface area contributed by atoms with Gasteiger partial charge in [-0.1, -0.05) is 83.2 Å². The summed E-state index contributed by atoms with van der Waals surface area (Å²) in [7, 11) is 0. The van der Waals surface area contributed by atoms with Gasteiger partial charge < -0.3 is 4.74 Å². The van der Waals surface area contributed by atoms with E-state index < -0.39 is 0 Å². The van der Waals surface area contributed by atoms with Gasteiger partial charge in [0.2, 0.25) is 0 Å². The first-order valence-electron chi connectivity index (χ1n) is 12.5. The summed E-state index contributed by atoms with van der Waals surface area (Å²) in [6, 6.07) is 16.1. The summed E-state index contributed by atoms with van der Waals surface area (Å²) in [6.45, 7) is 6.84. The highest BCUT2D eigenvalue weighted by molar-refractivity contribution is 5.92. The van der Waals surface area contributed by atoms with Crippen LogP contribution in [0.15, 0.2) is 48.5 Å². The van der Waals surface area contributed by atoms with Crippen molar-refractivity contribution in [2.75, 3.05) is 0 Å². The van der Waals surface area contributed by atoms with Crippen molar-refractivity contribution >= 4 is 5.97 Å². The highest BCUT2D eigenvalue weighted by Gasteiger charge is 2.31. The number of benzene rings is 2. The normalized spacial score (nSPS) is 21.1. The molecule has 0 saturated heterocycles. The van der Waals surface area contributed by atoms with Crippen molar-refractivity contribution in [3.8, 4) is 5.75 Å². The number of aryl methyl sites for hydroxylation is 1. The van der Waals surface area contributed by atoms with Gasteiger partial charge in [0, 0.05) is 0 Å². The molecule has 1 saturated carbocycles. The third-order valence-corrected chi connectivity index (χ3v) is 7.03. The monoisotopic (exact) mass is 420 g/mol. The largest absolute Gasteiger partial charge is 0.423 e. The van der Waals surface area contributed by atoms with Crippen molar-refractivity contribution in [1.29, 1.82) is 0 Å². The number of ether oxygens (including phenoxy) is 1. The molecule has 2 heteroatoms. The Bertz CT molecular complexity index is 808. The predicted molar refractivity (Wildman–Crippen MR) is 130 cm³/mol. The van der Waals surface area contributed by atoms with Crippen LogP contribution in [-0.2, 0) is 6.42 Å². The van der Waals surface area contributed by atoms with Gasteiger partial charge in [0.05, 0.1) is 5.56 Å². The molecule has 168 valence electrons. The molecule has 31 heavy (non-hydrogen) atoms. The lowest BCUT2D eigenvalue weighted by molar-refractivity contribution is 0.0731. The topological polar surface area (TPSA) is 26.3 Å². The van der Waals surface area contributed by atoms with Gasteiger partial charge in [-0.15, -0.1) is 0 Å². The Morgan fingerprint density at radius 1 is 0.935 bits per heavy atom. The first-order valence-corrected chi connectivity index (χ1v) is 12.5. The Kier molecular flexibility index (Phi) is 9.18. The fourth-order valence-corrected chi connectivity index (χ4v) is 5.19. The second-order valence-corrected chi connectivity index (χ2v) is 9.48. The van der Waals surface area contributed by atoms with Gasteiger partial charge in [-0.25, -0.2) is 4.79 Å². The van der Waals surface area contributed by atoms with Gasteiger partial charge in [-0.2, -0.15) is 0 Å². The van der Waals surface area contributed by atoms with Crippen LogP contribution in [0.1, 0.15) is 106 Å². The molecule has 0 amide bonds. The van der Waals surface area contributed by atoms with E-state index in [9.17, 15) is 4.79 Å². The Morgan fingerprint density at radius 3 is 2.39 bits per heavy atom. The van der Waals surface area contributed by atoms with Gasteiger partial charge in [-0.3, -0.25) is 0 Å². The Morgan fingerprint density at radius 2 is 1.68 bits per heavy atom. The first-order chi connectivity index (χ1) is 15.1. The molecule has 0 radical (unpaired) electrons. The molecule has 2 aromatic rings. The van der Waals surface area contributed by atoms with Crippen molar-refractivity contribution < 1.29 is 9.53 Å². The Labute approximate surface area is 189 Å². The van der Waals surface area contributed by atoms with Crippen LogP contribution in [0, 0.1) is 11.8 Å². The van der Waals surface area contributed by atoms with Crippen LogP contribution >= 0.6 is 0 Å². The molecule has 1 aliphatic carbocycles. The summed E-state index contributed by atoms with van der Waals surface area (Å²) in [6.07, 6.45) is 12.5. The van der Waals surface area contributed by atoms with E-state index in [1.165, 1.54) is 68.9 Å². The number of hydrogen-bond acceptors (Lipinski definition) is 2. The highest BCUT2D eigenvalue weighted by atomic mass is 16.5. The third kappa shape index (κ3) is 6.69. The molecule has 0 spiro atoms. The zero-order chi connectivity index (χ0) is 22.1. The smallest absolute Gasteiger partial charge is 0.343 e. The van der Waals surface area contributed by atoms with Gasteiger partial charge in [-0.05, 0) is 79.2 Å². The van der Waals surface area contributed by atoms with Gasteiger partial charge >= 0.3 is 5.97 Å². The number of hydrogen-bond donors (Lipinski definition) is 0. The zero-order valence-electron chi connectivity index (χ0n) is 19.7. The Hall–Kier alpha value is -2.09. The molecule has 2 nitrogen and oxygen atoms in total. The van der Waals surface area contributed by atoms with Crippen LogP contribution in [-0.4, -0.2) is 5.97 Å². The summed E-state index contributed by atoms with van der Waals surface area (Å²) in [5.41, 5.74) is 3.21. The fraction of sp³-hybridized carbons (Fsp3) is 0.552. The zero-order valence-corrected chi connectivity index (χ0v) is 19.7. The van der Waals surface area contributed by atoms with Gasteiger partial charge in [0.15, 0.2) is 0 Å². The Balaban J connectivity index is 1.65. The van der Waals surface area contributed by atoms with E-state index in [4.69, 9.17) is 4.74 Å². The van der Waals surface area contributed by atoms with E-state index in [1.54, 1.807) is 0 Å². The van der Waals surface area contributed by atoms with Crippen LogP contribution in [0.4, 0.5) is 0 Å². The SMILES string of the molecule is CCCCCC1CCC(c2ccccc2C(=O)Oc2ccc(CCCC)cc2)C(C)C1. The molecule has 2 aromatic carbocycles. The summed E-state index contributed by atoms with van der Waals surface area (Å²) in [5, 5.41) is 0. The standard InChI is InChI=1S/C29H40O2/c1-4-6-8-12-24-17-20-26(22(3)21-24)27-13-9-10-14-28(27)29(30)31-25-18-15-23(16-19-25)11-7-5-2/h9-10,13-16,18-19,22,24,26H,4-8,11-12,17,20-21H2,1-3H3. The average Bonchev–Trinajstić information content (AvgIpc) is 2.79. The number of unbranched alkanes of at least 4 members (excludes halogenated alkanes) is 3. The lowest BCUT2D eigenvalue weighted by Gasteiger charge is -2.35. The van der Waals surface area contributed by atoms with Gasteiger partial charge in [0.1, 0.15) is 5.75 Å². The van der Waals surface area contributed by atoms with Crippen LogP contribution in [0.25, 0.3) is 0 Å². The van der Waals surface area contributed by atoms with E-state index in [1.807, 2.05) is 24.3 Å². The van der Waals surface area contributed by atoms with E-state index in [0.717, 1.165) is 17.9 Å². The van der Waals surface area contributed by atoms with Crippen molar-refractivity contribution in [2.45, 2.75) is 90.9 Å². The fourth-order valence-electron chi connectivity index (χ4n) is 5.19. The van der Waals surface area contributed by atoms with E-state index in [2.05, 4.69) is 45.0 Å². The molecule has 1 aliphatic rings. The molecule has 0 bridgehead atoms. The molecule has 1 fully saturated rings. The van der Waals surface area contributed by atoms with Crippen molar-refractivity contribution in [1.82, 2.24) is 0 Å². The minimum absolute atomic E-state index is 0.228. The maximum Gasteiger partial charge on any atom is 0.343 e. The second-order valence-electron chi connectivity index (χ2n) is 9.48. The third-order valence-electron chi connectivity index (χ3n) is 7.03.